The van der Waals surface area contributed by atoms with Crippen molar-refractivity contribution >= 4 is 22.4 Å². The van der Waals surface area contributed by atoms with E-state index in [0.29, 0.717) is 5.56 Å². The molecule has 0 saturated carbocycles. The fraction of sp³-hybridized carbons (Fsp3) is 0. The number of benzene rings is 3. The highest BCUT2D eigenvalue weighted by molar-refractivity contribution is 6.36. The Kier molecular flexibility index (Phi) is 2.95. The number of fused-ring (bicyclic) bond motifs is 1. The molecule has 3 aromatic rings. The van der Waals surface area contributed by atoms with E-state index in [1.165, 1.54) is 0 Å². The number of hydrogen-bond acceptors (Lipinski definition) is 1. The van der Waals surface area contributed by atoms with Gasteiger partial charge in [0.25, 0.3) is 0 Å². The van der Waals surface area contributed by atoms with Gasteiger partial charge in [0, 0.05) is 10.4 Å². The maximum Gasteiger partial charge on any atom is 0.0991 e. The third kappa shape index (κ3) is 2.07. The standard InChI is InChI=1S/C17H10ClN/c18-17-9-8-14(15-6-1-2-7-16(15)17)13-5-3-4-12(10-13)11-19/h1-10H. The molecule has 0 aliphatic rings. The Bertz CT molecular complexity index is 800. The first kappa shape index (κ1) is 11.8. The maximum absolute atomic E-state index is 9.00. The third-order valence-corrected chi connectivity index (χ3v) is 3.50. The minimum absolute atomic E-state index is 0.663. The van der Waals surface area contributed by atoms with Crippen molar-refractivity contribution in [3.8, 4) is 17.2 Å². The molecule has 0 heterocycles. The molecule has 0 aliphatic carbocycles. The molecule has 0 radical (unpaired) electrons. The van der Waals surface area contributed by atoms with Crippen molar-refractivity contribution in [2.45, 2.75) is 0 Å². The summed E-state index contributed by atoms with van der Waals surface area (Å²) < 4.78 is 0. The normalized spacial score (nSPS) is 10.3. The highest BCUT2D eigenvalue weighted by atomic mass is 35.5. The van der Waals surface area contributed by atoms with Crippen LogP contribution in [0.2, 0.25) is 5.02 Å². The Labute approximate surface area is 116 Å². The van der Waals surface area contributed by atoms with Gasteiger partial charge >= 0.3 is 0 Å². The molecular weight excluding hydrogens is 254 g/mol. The first-order valence-corrected chi connectivity index (χ1v) is 6.35. The van der Waals surface area contributed by atoms with Crippen LogP contribution in [0, 0.1) is 11.3 Å². The topological polar surface area (TPSA) is 23.8 Å². The zero-order chi connectivity index (χ0) is 13.2. The van der Waals surface area contributed by atoms with E-state index in [1.807, 2.05) is 54.6 Å². The summed E-state index contributed by atoms with van der Waals surface area (Å²) in [5, 5.41) is 11.9. The lowest BCUT2D eigenvalue weighted by Crippen LogP contribution is -1.83. The first-order chi connectivity index (χ1) is 9.29. The van der Waals surface area contributed by atoms with E-state index < -0.39 is 0 Å². The minimum atomic E-state index is 0.663. The van der Waals surface area contributed by atoms with Gasteiger partial charge in [0.2, 0.25) is 0 Å². The van der Waals surface area contributed by atoms with Crippen LogP contribution < -0.4 is 0 Å². The van der Waals surface area contributed by atoms with E-state index in [-0.39, 0.29) is 0 Å². The second kappa shape index (κ2) is 4.76. The maximum atomic E-state index is 9.00. The Morgan fingerprint density at radius 2 is 1.63 bits per heavy atom. The van der Waals surface area contributed by atoms with E-state index in [0.717, 1.165) is 26.9 Å². The number of hydrogen-bond donors (Lipinski definition) is 0. The van der Waals surface area contributed by atoms with E-state index in [2.05, 4.69) is 12.1 Å². The summed E-state index contributed by atoms with van der Waals surface area (Å²) in [6.45, 7) is 0. The molecule has 0 bridgehead atoms. The van der Waals surface area contributed by atoms with E-state index in [9.17, 15) is 0 Å². The van der Waals surface area contributed by atoms with Gasteiger partial charge in [0.15, 0.2) is 0 Å². The molecule has 0 spiro atoms. The Morgan fingerprint density at radius 1 is 0.842 bits per heavy atom. The van der Waals surface area contributed by atoms with E-state index in [1.54, 1.807) is 0 Å². The van der Waals surface area contributed by atoms with Gasteiger partial charge in [-0.05, 0) is 34.7 Å². The van der Waals surface area contributed by atoms with Crippen LogP contribution >= 0.6 is 11.6 Å². The average Bonchev–Trinajstić information content (AvgIpc) is 2.48. The van der Waals surface area contributed by atoms with Crippen molar-refractivity contribution in [1.82, 2.24) is 0 Å². The molecule has 0 amide bonds. The molecule has 0 aromatic heterocycles. The van der Waals surface area contributed by atoms with Crippen LogP contribution in [0.5, 0.6) is 0 Å². The van der Waals surface area contributed by atoms with Crippen molar-refractivity contribution in [2.75, 3.05) is 0 Å². The predicted molar refractivity (Wildman–Crippen MR) is 79.1 cm³/mol. The summed E-state index contributed by atoms with van der Waals surface area (Å²) in [5.74, 6) is 0. The molecule has 1 nitrogen and oxygen atoms in total. The fourth-order valence-corrected chi connectivity index (χ4v) is 2.50. The molecule has 3 aromatic carbocycles. The summed E-state index contributed by atoms with van der Waals surface area (Å²) in [6.07, 6.45) is 0. The molecule has 0 unspecified atom stereocenters. The number of halogens is 1. The first-order valence-electron chi connectivity index (χ1n) is 5.97. The fourth-order valence-electron chi connectivity index (χ4n) is 2.27. The lowest BCUT2D eigenvalue weighted by molar-refractivity contribution is 1.48. The zero-order valence-corrected chi connectivity index (χ0v) is 10.9. The number of nitriles is 1. The van der Waals surface area contributed by atoms with Gasteiger partial charge in [-0.3, -0.25) is 0 Å². The van der Waals surface area contributed by atoms with Gasteiger partial charge in [-0.15, -0.1) is 0 Å². The average molecular weight is 264 g/mol. The Morgan fingerprint density at radius 3 is 2.42 bits per heavy atom. The van der Waals surface area contributed by atoms with Gasteiger partial charge in [-0.2, -0.15) is 5.26 Å². The molecule has 0 N–H and O–H groups in total. The Balaban J connectivity index is 2.31. The molecule has 0 atom stereocenters. The molecule has 2 heteroatoms. The van der Waals surface area contributed by atoms with Crippen LogP contribution in [-0.2, 0) is 0 Å². The highest BCUT2D eigenvalue weighted by Gasteiger charge is 2.06. The highest BCUT2D eigenvalue weighted by Crippen LogP contribution is 2.33. The van der Waals surface area contributed by atoms with Crippen molar-refractivity contribution in [3.05, 3.63) is 71.2 Å². The lowest BCUT2D eigenvalue weighted by atomic mass is 9.97. The monoisotopic (exact) mass is 263 g/mol. The summed E-state index contributed by atoms with van der Waals surface area (Å²) in [7, 11) is 0. The quantitative estimate of drug-likeness (QED) is 0.604. The van der Waals surface area contributed by atoms with Crippen LogP contribution in [0.4, 0.5) is 0 Å². The lowest BCUT2D eigenvalue weighted by Gasteiger charge is -2.08. The number of rotatable bonds is 1. The molecule has 19 heavy (non-hydrogen) atoms. The van der Waals surface area contributed by atoms with Crippen molar-refractivity contribution < 1.29 is 0 Å². The van der Waals surface area contributed by atoms with Crippen LogP contribution in [-0.4, -0.2) is 0 Å². The second-order valence-corrected chi connectivity index (χ2v) is 4.74. The molecule has 0 fully saturated rings. The molecule has 3 rings (SSSR count). The summed E-state index contributed by atoms with van der Waals surface area (Å²) in [6, 6.07) is 21.7. The van der Waals surface area contributed by atoms with Crippen molar-refractivity contribution in [1.29, 1.82) is 5.26 Å². The van der Waals surface area contributed by atoms with Crippen molar-refractivity contribution in [3.63, 3.8) is 0 Å². The summed E-state index contributed by atoms with van der Waals surface area (Å²) in [5.41, 5.74) is 2.79. The summed E-state index contributed by atoms with van der Waals surface area (Å²) in [4.78, 5) is 0. The molecule has 0 saturated heterocycles. The molecule has 0 aliphatic heterocycles. The molecular formula is C17H10ClN. The van der Waals surface area contributed by atoms with Crippen LogP contribution in [0.1, 0.15) is 5.56 Å². The van der Waals surface area contributed by atoms with Crippen LogP contribution in [0.15, 0.2) is 60.7 Å². The van der Waals surface area contributed by atoms with Crippen LogP contribution in [0.3, 0.4) is 0 Å². The second-order valence-electron chi connectivity index (χ2n) is 4.33. The largest absolute Gasteiger partial charge is 0.192 e. The summed E-state index contributed by atoms with van der Waals surface area (Å²) >= 11 is 6.22. The van der Waals surface area contributed by atoms with Gasteiger partial charge < -0.3 is 0 Å². The third-order valence-electron chi connectivity index (χ3n) is 3.17. The van der Waals surface area contributed by atoms with Gasteiger partial charge in [-0.25, -0.2) is 0 Å². The number of nitrogens with zero attached hydrogens (tertiary/aromatic N) is 1. The SMILES string of the molecule is N#Cc1cccc(-c2ccc(Cl)c3ccccc23)c1. The van der Waals surface area contributed by atoms with Gasteiger partial charge in [0.1, 0.15) is 0 Å². The predicted octanol–water partition coefficient (Wildman–Crippen LogP) is 5.03. The van der Waals surface area contributed by atoms with E-state index in [4.69, 9.17) is 16.9 Å². The minimum Gasteiger partial charge on any atom is -0.192 e. The Hall–Kier alpha value is -2.30. The van der Waals surface area contributed by atoms with Crippen LogP contribution in [0.25, 0.3) is 21.9 Å². The zero-order valence-electron chi connectivity index (χ0n) is 10.1. The smallest absolute Gasteiger partial charge is 0.0991 e. The molecule has 90 valence electrons. The van der Waals surface area contributed by atoms with E-state index >= 15 is 0 Å². The van der Waals surface area contributed by atoms with Gasteiger partial charge in [-0.1, -0.05) is 54.1 Å². The van der Waals surface area contributed by atoms with Gasteiger partial charge in [0.05, 0.1) is 11.6 Å². The van der Waals surface area contributed by atoms with Crippen molar-refractivity contribution in [2.24, 2.45) is 0 Å².